The van der Waals surface area contributed by atoms with Gasteiger partial charge in [-0.15, -0.1) is 0 Å². The van der Waals surface area contributed by atoms with Crippen LogP contribution < -0.4 is 10.1 Å². The Morgan fingerprint density at radius 1 is 1.43 bits per heavy atom. The average Bonchev–Trinajstić information content (AvgIpc) is 3.24. The Labute approximate surface area is 123 Å². The van der Waals surface area contributed by atoms with E-state index in [0.717, 1.165) is 36.3 Å². The highest BCUT2D eigenvalue weighted by Gasteiger charge is 2.28. The molecular formula is C16H18N2O3. The Hall–Kier alpha value is -2.30. The first-order valence-corrected chi connectivity index (χ1v) is 7.16. The summed E-state index contributed by atoms with van der Waals surface area (Å²) in [6.45, 7) is 2.06. The van der Waals surface area contributed by atoms with E-state index in [1.54, 1.807) is 13.2 Å². The van der Waals surface area contributed by atoms with Crippen LogP contribution in [0.25, 0.3) is 0 Å². The minimum atomic E-state index is -0.267. The number of carbonyl (C=O) groups excluding carboxylic acids is 1. The summed E-state index contributed by atoms with van der Waals surface area (Å²) in [4.78, 5) is 12.2. The third-order valence-electron chi connectivity index (χ3n) is 3.67. The van der Waals surface area contributed by atoms with Crippen LogP contribution in [0.2, 0.25) is 0 Å². The molecule has 1 aliphatic carbocycles. The minimum Gasteiger partial charge on any atom is -0.496 e. The molecule has 0 bridgehead atoms. The van der Waals surface area contributed by atoms with Gasteiger partial charge in [0.15, 0.2) is 5.69 Å². The molecule has 1 amide bonds. The Bertz CT molecular complexity index is 659. The zero-order chi connectivity index (χ0) is 14.8. The van der Waals surface area contributed by atoms with Gasteiger partial charge in [-0.3, -0.25) is 4.79 Å². The molecule has 0 saturated heterocycles. The normalized spacial score (nSPS) is 14.0. The molecule has 5 nitrogen and oxygen atoms in total. The van der Waals surface area contributed by atoms with Crippen LogP contribution in [-0.2, 0) is 6.42 Å². The van der Waals surface area contributed by atoms with E-state index in [4.69, 9.17) is 9.26 Å². The number of benzene rings is 1. The summed E-state index contributed by atoms with van der Waals surface area (Å²) in [5, 5.41) is 6.65. The van der Waals surface area contributed by atoms with E-state index in [1.807, 2.05) is 18.2 Å². The highest BCUT2D eigenvalue weighted by Crippen LogP contribution is 2.40. The fourth-order valence-electron chi connectivity index (χ4n) is 2.27. The minimum absolute atomic E-state index is 0.267. The molecule has 1 fully saturated rings. The SMILES string of the molecule is CCc1ccc(NC(=O)c2cc(C3CC3)on2)cc1OC. The molecule has 21 heavy (non-hydrogen) atoms. The second kappa shape index (κ2) is 5.60. The van der Waals surface area contributed by atoms with Crippen molar-refractivity contribution in [3.8, 4) is 5.75 Å². The highest BCUT2D eigenvalue weighted by atomic mass is 16.5. The molecule has 1 aromatic heterocycles. The van der Waals surface area contributed by atoms with E-state index in [1.165, 1.54) is 0 Å². The molecule has 0 radical (unpaired) electrons. The van der Waals surface area contributed by atoms with Gasteiger partial charge in [0.25, 0.3) is 5.91 Å². The Balaban J connectivity index is 1.74. The lowest BCUT2D eigenvalue weighted by Gasteiger charge is -2.09. The van der Waals surface area contributed by atoms with Crippen molar-refractivity contribution in [2.75, 3.05) is 12.4 Å². The molecule has 1 saturated carbocycles. The first-order valence-electron chi connectivity index (χ1n) is 7.16. The quantitative estimate of drug-likeness (QED) is 0.915. The van der Waals surface area contributed by atoms with Gasteiger partial charge in [-0.2, -0.15) is 0 Å². The number of aromatic nitrogens is 1. The van der Waals surface area contributed by atoms with Gasteiger partial charge in [-0.25, -0.2) is 0 Å². The number of anilines is 1. The monoisotopic (exact) mass is 286 g/mol. The second-order valence-corrected chi connectivity index (χ2v) is 5.22. The molecular weight excluding hydrogens is 268 g/mol. The molecule has 0 aliphatic heterocycles. The number of carbonyl (C=O) groups is 1. The molecule has 0 spiro atoms. The van der Waals surface area contributed by atoms with E-state index in [9.17, 15) is 4.79 Å². The summed E-state index contributed by atoms with van der Waals surface area (Å²) in [6, 6.07) is 7.36. The number of nitrogens with zero attached hydrogens (tertiary/aromatic N) is 1. The first kappa shape index (κ1) is 13.7. The number of ether oxygens (including phenoxy) is 1. The van der Waals surface area contributed by atoms with Gasteiger partial charge in [0.05, 0.1) is 7.11 Å². The number of amides is 1. The third kappa shape index (κ3) is 2.91. The molecule has 0 atom stereocenters. The van der Waals surface area contributed by atoms with E-state index >= 15 is 0 Å². The lowest BCUT2D eigenvalue weighted by atomic mass is 10.1. The van der Waals surface area contributed by atoms with Crippen molar-refractivity contribution < 1.29 is 14.1 Å². The maximum atomic E-state index is 12.2. The smallest absolute Gasteiger partial charge is 0.277 e. The Morgan fingerprint density at radius 3 is 2.90 bits per heavy atom. The lowest BCUT2D eigenvalue weighted by molar-refractivity contribution is 0.101. The van der Waals surface area contributed by atoms with Crippen LogP contribution in [0.15, 0.2) is 28.8 Å². The maximum Gasteiger partial charge on any atom is 0.277 e. The van der Waals surface area contributed by atoms with Crippen LogP contribution in [-0.4, -0.2) is 18.2 Å². The molecule has 5 heteroatoms. The second-order valence-electron chi connectivity index (χ2n) is 5.22. The molecule has 2 aromatic rings. The van der Waals surface area contributed by atoms with Crippen LogP contribution in [0.1, 0.15) is 47.5 Å². The fraction of sp³-hybridized carbons (Fsp3) is 0.375. The molecule has 1 aromatic carbocycles. The summed E-state index contributed by atoms with van der Waals surface area (Å²) in [5.74, 6) is 1.76. The van der Waals surface area contributed by atoms with Gasteiger partial charge in [-0.1, -0.05) is 18.1 Å². The highest BCUT2D eigenvalue weighted by molar-refractivity contribution is 6.02. The van der Waals surface area contributed by atoms with Crippen molar-refractivity contribution >= 4 is 11.6 Å². The van der Waals surface area contributed by atoms with Crippen molar-refractivity contribution in [2.45, 2.75) is 32.1 Å². The van der Waals surface area contributed by atoms with Crippen molar-refractivity contribution in [3.05, 3.63) is 41.3 Å². The number of rotatable bonds is 5. The molecule has 1 heterocycles. The van der Waals surface area contributed by atoms with Crippen molar-refractivity contribution in [1.29, 1.82) is 0 Å². The topological polar surface area (TPSA) is 64.4 Å². The van der Waals surface area contributed by atoms with Crippen molar-refractivity contribution in [3.63, 3.8) is 0 Å². The van der Waals surface area contributed by atoms with Gasteiger partial charge in [0.1, 0.15) is 11.5 Å². The molecule has 1 N–H and O–H groups in total. The summed E-state index contributed by atoms with van der Waals surface area (Å²) in [7, 11) is 1.62. The summed E-state index contributed by atoms with van der Waals surface area (Å²) < 4.78 is 10.5. The zero-order valence-electron chi connectivity index (χ0n) is 12.2. The fourth-order valence-corrected chi connectivity index (χ4v) is 2.27. The summed E-state index contributed by atoms with van der Waals surface area (Å²) in [5.41, 5.74) is 2.11. The van der Waals surface area contributed by atoms with Crippen molar-refractivity contribution in [1.82, 2.24) is 5.16 Å². The van der Waals surface area contributed by atoms with Gasteiger partial charge in [0, 0.05) is 23.7 Å². The van der Waals surface area contributed by atoms with Gasteiger partial charge in [0.2, 0.25) is 0 Å². The molecule has 110 valence electrons. The van der Waals surface area contributed by atoms with E-state index in [2.05, 4.69) is 17.4 Å². The van der Waals surface area contributed by atoms with Gasteiger partial charge >= 0.3 is 0 Å². The Kier molecular flexibility index (Phi) is 3.64. The maximum absolute atomic E-state index is 12.2. The van der Waals surface area contributed by atoms with E-state index in [0.29, 0.717) is 17.3 Å². The van der Waals surface area contributed by atoms with Crippen LogP contribution >= 0.6 is 0 Å². The zero-order valence-corrected chi connectivity index (χ0v) is 12.2. The number of aryl methyl sites for hydroxylation is 1. The average molecular weight is 286 g/mol. The Morgan fingerprint density at radius 2 is 2.24 bits per heavy atom. The van der Waals surface area contributed by atoms with E-state index in [-0.39, 0.29) is 5.91 Å². The molecule has 3 rings (SSSR count). The van der Waals surface area contributed by atoms with Crippen LogP contribution in [0, 0.1) is 0 Å². The predicted octanol–water partition coefficient (Wildman–Crippen LogP) is 3.38. The van der Waals surface area contributed by atoms with Gasteiger partial charge in [-0.05, 0) is 30.9 Å². The summed E-state index contributed by atoms with van der Waals surface area (Å²) in [6.07, 6.45) is 3.11. The number of nitrogens with one attached hydrogen (secondary N) is 1. The summed E-state index contributed by atoms with van der Waals surface area (Å²) >= 11 is 0. The van der Waals surface area contributed by atoms with Crippen LogP contribution in [0.3, 0.4) is 0 Å². The van der Waals surface area contributed by atoms with Gasteiger partial charge < -0.3 is 14.6 Å². The third-order valence-corrected chi connectivity index (χ3v) is 3.67. The van der Waals surface area contributed by atoms with E-state index < -0.39 is 0 Å². The lowest BCUT2D eigenvalue weighted by Crippen LogP contribution is -2.12. The van der Waals surface area contributed by atoms with Crippen LogP contribution in [0.5, 0.6) is 5.75 Å². The largest absolute Gasteiger partial charge is 0.496 e. The first-order chi connectivity index (χ1) is 10.2. The number of hydrogen-bond acceptors (Lipinski definition) is 4. The van der Waals surface area contributed by atoms with Crippen molar-refractivity contribution in [2.24, 2.45) is 0 Å². The standard InChI is InChI=1S/C16H18N2O3/c1-3-10-6-7-12(8-14(10)20-2)17-16(19)13-9-15(21-18-13)11-4-5-11/h6-9,11H,3-5H2,1-2H3,(H,17,19). The molecule has 0 unspecified atom stereocenters. The number of methoxy groups -OCH3 is 1. The number of hydrogen-bond donors (Lipinski definition) is 1. The van der Waals surface area contributed by atoms with Crippen LogP contribution in [0.4, 0.5) is 5.69 Å². The molecule has 1 aliphatic rings. The predicted molar refractivity (Wildman–Crippen MR) is 78.8 cm³/mol.